The molecule has 65 heavy (non-hydrogen) atoms. The molecular weight excluding hydrogens is 892 g/mol. The number of rotatable bonds is 14. The normalized spacial score (nSPS) is 18.2. The zero-order valence-corrected chi connectivity index (χ0v) is 39.4. The van der Waals surface area contributed by atoms with Gasteiger partial charge in [0.15, 0.2) is 5.71 Å². The first-order valence-electron chi connectivity index (χ1n) is 21.3. The summed E-state index contributed by atoms with van der Waals surface area (Å²) in [6, 6.07) is 31.3. The van der Waals surface area contributed by atoms with Crippen LogP contribution in [-0.2, 0) is 35.2 Å². The van der Waals surface area contributed by atoms with Crippen LogP contribution in [0.3, 0.4) is 0 Å². The molecular formula is C50H51F3N3O6S3+. The van der Waals surface area contributed by atoms with Gasteiger partial charge in [-0.3, -0.25) is 8.86 Å². The second kappa shape index (κ2) is 17.2. The molecule has 0 saturated carbocycles. The van der Waals surface area contributed by atoms with E-state index in [0.717, 1.165) is 69.0 Å². The van der Waals surface area contributed by atoms with Gasteiger partial charge in [0.2, 0.25) is 5.69 Å². The highest BCUT2D eigenvalue weighted by atomic mass is 32.2. The topological polar surface area (TPSA) is 107 Å². The lowest BCUT2D eigenvalue weighted by Gasteiger charge is -2.27. The molecule has 8 rings (SSSR count). The molecule has 0 bridgehead atoms. The highest BCUT2D eigenvalue weighted by Crippen LogP contribution is 2.52. The van der Waals surface area contributed by atoms with Crippen LogP contribution in [0.1, 0.15) is 62.8 Å². The average molecular weight is 943 g/mol. The van der Waals surface area contributed by atoms with E-state index in [1.807, 2.05) is 73.4 Å². The Balaban J connectivity index is 1.34. The molecule has 5 aromatic rings. The maximum Gasteiger partial charge on any atom is 0.516 e. The Labute approximate surface area is 383 Å². The van der Waals surface area contributed by atoms with Crippen LogP contribution in [-0.4, -0.2) is 80.2 Å². The molecule has 0 radical (unpaired) electrons. The molecule has 0 fully saturated rings. The van der Waals surface area contributed by atoms with Gasteiger partial charge in [-0.1, -0.05) is 98.8 Å². The summed E-state index contributed by atoms with van der Waals surface area (Å²) in [7, 11) is -7.61. The molecule has 1 aliphatic carbocycles. The summed E-state index contributed by atoms with van der Waals surface area (Å²) in [5.74, 6) is 0.258. The highest BCUT2D eigenvalue weighted by molar-refractivity contribution is 7.94. The molecule has 340 valence electrons. The van der Waals surface area contributed by atoms with Crippen molar-refractivity contribution in [1.29, 1.82) is 0 Å². The molecule has 3 aliphatic rings. The van der Waals surface area contributed by atoms with Crippen LogP contribution in [0.2, 0.25) is 0 Å². The summed E-state index contributed by atoms with van der Waals surface area (Å²) < 4.78 is 112. The predicted octanol–water partition coefficient (Wildman–Crippen LogP) is 11.2. The van der Waals surface area contributed by atoms with E-state index in [1.165, 1.54) is 12.0 Å². The highest BCUT2D eigenvalue weighted by Gasteiger charge is 2.51. The number of halogens is 3. The molecule has 0 saturated heterocycles. The first-order valence-corrected chi connectivity index (χ1v) is 25.2. The van der Waals surface area contributed by atoms with Crippen molar-refractivity contribution in [3.8, 4) is 0 Å². The fourth-order valence-electron chi connectivity index (χ4n) is 9.95. The van der Waals surface area contributed by atoms with E-state index in [1.54, 1.807) is 49.6 Å². The van der Waals surface area contributed by atoms with Crippen molar-refractivity contribution in [3.63, 3.8) is 0 Å². The summed E-state index contributed by atoms with van der Waals surface area (Å²) in [5, 5.41) is 4.15. The summed E-state index contributed by atoms with van der Waals surface area (Å²) in [4.78, 5) is 1.98. The second-order valence-corrected chi connectivity index (χ2v) is 22.0. The van der Waals surface area contributed by atoms with Gasteiger partial charge in [0, 0.05) is 71.4 Å². The fraction of sp³-hybridized carbons (Fsp3) is 0.300. The molecule has 5 aromatic carbocycles. The lowest BCUT2D eigenvalue weighted by Crippen LogP contribution is -2.37. The third-order valence-electron chi connectivity index (χ3n) is 12.8. The zero-order chi connectivity index (χ0) is 46.7. The molecule has 0 spiro atoms. The first-order chi connectivity index (χ1) is 30.7. The monoisotopic (exact) mass is 942 g/mol. The Morgan fingerprint density at radius 3 is 2.05 bits per heavy atom. The molecule has 9 nitrogen and oxygen atoms in total. The predicted molar refractivity (Wildman–Crippen MR) is 258 cm³/mol. The van der Waals surface area contributed by atoms with E-state index >= 15 is 0 Å². The van der Waals surface area contributed by atoms with Crippen molar-refractivity contribution in [2.75, 3.05) is 43.7 Å². The minimum absolute atomic E-state index is 0.0850. The fourth-order valence-corrected chi connectivity index (χ4v) is 11.6. The lowest BCUT2D eigenvalue weighted by molar-refractivity contribution is -0.437. The first kappa shape index (κ1) is 46.3. The Bertz CT molecular complexity index is 3130. The Morgan fingerprint density at radius 1 is 0.785 bits per heavy atom. The van der Waals surface area contributed by atoms with Crippen molar-refractivity contribution in [2.24, 2.45) is 0 Å². The molecule has 1 N–H and O–H groups in total. The number of hydrogen-bond donors (Lipinski definition) is 1. The van der Waals surface area contributed by atoms with E-state index in [0.29, 0.717) is 33.2 Å². The van der Waals surface area contributed by atoms with E-state index in [2.05, 4.69) is 42.7 Å². The third-order valence-corrected chi connectivity index (χ3v) is 15.8. The van der Waals surface area contributed by atoms with E-state index < -0.39 is 42.2 Å². The molecule has 2 heterocycles. The van der Waals surface area contributed by atoms with Crippen molar-refractivity contribution < 1.29 is 43.3 Å². The minimum Gasteiger partial charge on any atom is -0.344 e. The van der Waals surface area contributed by atoms with Gasteiger partial charge >= 0.3 is 15.5 Å². The minimum atomic E-state index is -5.91. The Morgan fingerprint density at radius 2 is 1.40 bits per heavy atom. The lowest BCUT2D eigenvalue weighted by atomic mass is 9.79. The number of allylic oxidation sites excluding steroid dienone is 7. The van der Waals surface area contributed by atoms with Gasteiger partial charge in [-0.25, -0.2) is 0 Å². The third kappa shape index (κ3) is 8.24. The van der Waals surface area contributed by atoms with Gasteiger partial charge in [-0.15, -0.1) is 0 Å². The average Bonchev–Trinajstić information content (AvgIpc) is 3.77. The van der Waals surface area contributed by atoms with Gasteiger partial charge in [0.05, 0.1) is 24.0 Å². The number of nitrogens with zero attached hydrogens (tertiary/aromatic N) is 3. The van der Waals surface area contributed by atoms with Crippen LogP contribution in [0.5, 0.6) is 0 Å². The molecule has 0 unspecified atom stereocenters. The van der Waals surface area contributed by atoms with E-state index in [-0.39, 0.29) is 24.2 Å². The van der Waals surface area contributed by atoms with Gasteiger partial charge in [0.1, 0.15) is 6.54 Å². The molecule has 0 aromatic heterocycles. The van der Waals surface area contributed by atoms with Gasteiger partial charge in [0.25, 0.3) is 10.1 Å². The standard InChI is InChI=1S/C50H50F3N3O6S3/c1-48(2)43(55(29-13-31-63-62-6)41-25-21-33-15-7-9-17-35(33)45(41)48)27-23-39-37-19-11-12-20-38(37)40(47(39)54(5)65(60,61)50(51,52)53)24-28-44-49(3,4)46-36-18-10-8-16-34(36)22-26-42(46)56(44)30-14-32-64(57,58)59/h7-12,15-28H,13-14,29-32H2,1-6H3/p+1. The maximum absolute atomic E-state index is 14.6. The molecule has 2 aliphatic heterocycles. The van der Waals surface area contributed by atoms with Crippen molar-refractivity contribution >= 4 is 82.0 Å². The quantitative estimate of drug-likeness (QED) is 0.0508. The number of sulfonamides is 1. The Hall–Kier alpha value is -5.19. The van der Waals surface area contributed by atoms with Crippen LogP contribution >= 0.6 is 12.0 Å². The van der Waals surface area contributed by atoms with E-state index in [9.17, 15) is 34.6 Å². The number of likely N-dealkylation sites (N-methyl/N-ethyl adjacent to an activating group) is 1. The zero-order valence-electron chi connectivity index (χ0n) is 37.0. The summed E-state index contributed by atoms with van der Waals surface area (Å²) in [5.41, 5.74) is 0.174. The molecule has 0 atom stereocenters. The van der Waals surface area contributed by atoms with Crippen LogP contribution in [0.4, 0.5) is 24.5 Å². The number of alkyl halides is 3. The van der Waals surface area contributed by atoms with Gasteiger partial charge in [-0.05, 0) is 94.8 Å². The maximum atomic E-state index is 14.6. The largest absolute Gasteiger partial charge is 0.516 e. The van der Waals surface area contributed by atoms with Gasteiger partial charge in [-0.2, -0.15) is 34.6 Å². The van der Waals surface area contributed by atoms with Crippen LogP contribution in [0, 0.1) is 0 Å². The second-order valence-electron chi connectivity index (χ2n) is 17.5. The number of benzene rings is 5. The SMILES string of the molecule is COSCCC[N+]1=C(/C=C/C2=C(N(C)S(=O)(=O)C(F)(F)F)C(=C/C=C3/N(CCCS(=O)(=O)O)c4ccc5ccccc5c4C3(C)C)/c3ccccc32)C(C)(C)c2c1ccc1ccccc21. The number of fused-ring (bicyclic) bond motifs is 7. The van der Waals surface area contributed by atoms with Crippen molar-refractivity contribution in [2.45, 2.75) is 56.9 Å². The number of anilines is 1. The van der Waals surface area contributed by atoms with Crippen molar-refractivity contribution in [1.82, 2.24) is 4.31 Å². The van der Waals surface area contributed by atoms with E-state index in [4.69, 9.17) is 4.18 Å². The summed E-state index contributed by atoms with van der Waals surface area (Å²) in [6.45, 7) is 9.14. The Kier molecular flexibility index (Phi) is 12.3. The summed E-state index contributed by atoms with van der Waals surface area (Å²) in [6.07, 6.45) is 7.99. The molecule has 0 amide bonds. The van der Waals surface area contributed by atoms with Crippen LogP contribution in [0.25, 0.3) is 32.7 Å². The van der Waals surface area contributed by atoms with Crippen molar-refractivity contribution in [3.05, 3.63) is 155 Å². The summed E-state index contributed by atoms with van der Waals surface area (Å²) >= 11 is 1.36. The molecule has 15 heteroatoms. The smallest absolute Gasteiger partial charge is 0.344 e. The van der Waals surface area contributed by atoms with Crippen LogP contribution in [0.15, 0.2) is 133 Å². The van der Waals surface area contributed by atoms with Gasteiger partial charge < -0.3 is 9.08 Å². The number of hydrogen-bond acceptors (Lipinski definition) is 7. The van der Waals surface area contributed by atoms with Crippen LogP contribution < -0.4 is 4.90 Å².